The molecule has 5 nitrogen and oxygen atoms in total. The molecule has 1 fully saturated rings. The van der Waals surface area contributed by atoms with Gasteiger partial charge >= 0.3 is 0 Å². The minimum atomic E-state index is -0.0159. The molecule has 0 unspecified atom stereocenters. The number of aliphatic hydroxyl groups excluding tert-OH is 1. The maximum absolute atomic E-state index is 11.6. The topological polar surface area (TPSA) is 67.2 Å². The minimum Gasteiger partial charge on any atom is -0.396 e. The van der Waals surface area contributed by atoms with Crippen LogP contribution in [-0.4, -0.2) is 33.9 Å². The summed E-state index contributed by atoms with van der Waals surface area (Å²) in [6.07, 6.45) is 6.17. The van der Waals surface area contributed by atoms with Crippen LogP contribution in [-0.2, 0) is 11.3 Å². The van der Waals surface area contributed by atoms with Gasteiger partial charge in [-0.15, -0.1) is 0 Å². The van der Waals surface area contributed by atoms with E-state index in [-0.39, 0.29) is 17.9 Å². The van der Waals surface area contributed by atoms with Crippen LogP contribution in [0.3, 0.4) is 0 Å². The van der Waals surface area contributed by atoms with Crippen molar-refractivity contribution in [1.29, 1.82) is 0 Å². The third kappa shape index (κ3) is 3.30. The molecule has 1 aromatic heterocycles. The van der Waals surface area contributed by atoms with Crippen molar-refractivity contribution < 1.29 is 9.90 Å². The van der Waals surface area contributed by atoms with Crippen molar-refractivity contribution in [2.45, 2.75) is 32.7 Å². The molecule has 1 aliphatic carbocycles. The number of nitrogens with one attached hydrogen (secondary N) is 1. The summed E-state index contributed by atoms with van der Waals surface area (Å²) < 4.78 is 1.77. The average Bonchev–Trinajstić information content (AvgIpc) is 3.00. The van der Waals surface area contributed by atoms with Crippen LogP contribution in [0.1, 0.15) is 24.8 Å². The molecule has 0 atom stereocenters. The second-order valence-corrected chi connectivity index (χ2v) is 4.97. The standard InChI is InChI=1S/C12H19N3O2/c1-10-6-14-15(7-10)5-2-11(17)13-8-12(9-16)3-4-12/h6-7,16H,2-5,8-9H2,1H3,(H,13,17). The minimum absolute atomic E-state index is 0.0159. The number of carbonyl (C=O) groups is 1. The Balaban J connectivity index is 1.67. The Bertz CT molecular complexity index is 396. The number of aryl methyl sites for hydroxylation is 2. The van der Waals surface area contributed by atoms with E-state index in [9.17, 15) is 4.79 Å². The van der Waals surface area contributed by atoms with Crippen molar-refractivity contribution in [3.63, 3.8) is 0 Å². The average molecular weight is 237 g/mol. The van der Waals surface area contributed by atoms with Gasteiger partial charge in [0.1, 0.15) is 0 Å². The van der Waals surface area contributed by atoms with Gasteiger partial charge in [0.05, 0.1) is 12.8 Å². The second-order valence-electron chi connectivity index (χ2n) is 4.97. The van der Waals surface area contributed by atoms with Gasteiger partial charge in [0, 0.05) is 31.1 Å². The van der Waals surface area contributed by atoms with E-state index in [4.69, 9.17) is 5.11 Å². The molecule has 1 saturated carbocycles. The van der Waals surface area contributed by atoms with Crippen LogP contribution in [0.15, 0.2) is 12.4 Å². The zero-order valence-electron chi connectivity index (χ0n) is 10.1. The van der Waals surface area contributed by atoms with E-state index >= 15 is 0 Å². The summed E-state index contributed by atoms with van der Waals surface area (Å²) >= 11 is 0. The third-order valence-electron chi connectivity index (χ3n) is 3.28. The predicted octanol–water partition coefficient (Wildman–Crippen LogP) is 0.470. The van der Waals surface area contributed by atoms with Gasteiger partial charge in [-0.05, 0) is 25.3 Å². The van der Waals surface area contributed by atoms with Crippen molar-refractivity contribution in [1.82, 2.24) is 15.1 Å². The largest absolute Gasteiger partial charge is 0.396 e. The number of hydrogen-bond acceptors (Lipinski definition) is 3. The maximum atomic E-state index is 11.6. The molecule has 17 heavy (non-hydrogen) atoms. The van der Waals surface area contributed by atoms with Crippen LogP contribution < -0.4 is 5.32 Å². The summed E-state index contributed by atoms with van der Waals surface area (Å²) in [6.45, 7) is 3.35. The number of rotatable bonds is 6. The van der Waals surface area contributed by atoms with Gasteiger partial charge in [-0.3, -0.25) is 9.48 Å². The first-order chi connectivity index (χ1) is 8.13. The lowest BCUT2D eigenvalue weighted by atomic mass is 10.1. The molecule has 0 spiro atoms. The molecular formula is C12H19N3O2. The predicted molar refractivity (Wildman–Crippen MR) is 63.3 cm³/mol. The third-order valence-corrected chi connectivity index (χ3v) is 3.28. The normalized spacial score (nSPS) is 16.8. The molecule has 1 aliphatic rings. The quantitative estimate of drug-likeness (QED) is 0.756. The molecule has 1 heterocycles. The van der Waals surface area contributed by atoms with E-state index < -0.39 is 0 Å². The van der Waals surface area contributed by atoms with Gasteiger partial charge < -0.3 is 10.4 Å². The number of nitrogens with zero attached hydrogens (tertiary/aromatic N) is 2. The molecule has 0 aliphatic heterocycles. The molecule has 0 aromatic carbocycles. The second kappa shape index (κ2) is 4.87. The molecule has 5 heteroatoms. The van der Waals surface area contributed by atoms with Crippen molar-refractivity contribution in [2.24, 2.45) is 5.41 Å². The van der Waals surface area contributed by atoms with Crippen molar-refractivity contribution in [2.75, 3.05) is 13.2 Å². The summed E-state index contributed by atoms with van der Waals surface area (Å²) in [7, 11) is 0. The fraction of sp³-hybridized carbons (Fsp3) is 0.667. The zero-order valence-corrected chi connectivity index (χ0v) is 10.1. The summed E-state index contributed by atoms with van der Waals surface area (Å²) in [4.78, 5) is 11.6. The first-order valence-corrected chi connectivity index (χ1v) is 6.00. The summed E-state index contributed by atoms with van der Waals surface area (Å²) in [5.74, 6) is 0.0258. The van der Waals surface area contributed by atoms with E-state index in [0.717, 1.165) is 18.4 Å². The number of amides is 1. The van der Waals surface area contributed by atoms with Gasteiger partial charge in [-0.25, -0.2) is 0 Å². The van der Waals surface area contributed by atoms with Crippen LogP contribution in [0.25, 0.3) is 0 Å². The Kier molecular flexibility index (Phi) is 3.47. The Labute approximate surface area is 101 Å². The van der Waals surface area contributed by atoms with Gasteiger partial charge in [0.25, 0.3) is 0 Å². The Morgan fingerprint density at radius 1 is 1.65 bits per heavy atom. The Morgan fingerprint density at radius 3 is 2.94 bits per heavy atom. The van der Waals surface area contributed by atoms with Gasteiger partial charge in [0.2, 0.25) is 5.91 Å². The highest BCUT2D eigenvalue weighted by Gasteiger charge is 2.41. The van der Waals surface area contributed by atoms with E-state index in [1.165, 1.54) is 0 Å². The van der Waals surface area contributed by atoms with Crippen LogP contribution in [0.4, 0.5) is 0 Å². The lowest BCUT2D eigenvalue weighted by molar-refractivity contribution is -0.121. The summed E-state index contributed by atoms with van der Waals surface area (Å²) in [5, 5.41) is 16.1. The molecule has 2 N–H and O–H groups in total. The number of aromatic nitrogens is 2. The molecule has 1 amide bonds. The smallest absolute Gasteiger partial charge is 0.221 e. The molecule has 94 valence electrons. The van der Waals surface area contributed by atoms with E-state index in [2.05, 4.69) is 10.4 Å². The lowest BCUT2D eigenvalue weighted by Gasteiger charge is -2.12. The highest BCUT2D eigenvalue weighted by molar-refractivity contribution is 5.75. The maximum Gasteiger partial charge on any atom is 0.221 e. The van der Waals surface area contributed by atoms with E-state index in [1.807, 2.05) is 13.1 Å². The first kappa shape index (κ1) is 12.1. The van der Waals surface area contributed by atoms with Crippen LogP contribution in [0.2, 0.25) is 0 Å². The van der Waals surface area contributed by atoms with Gasteiger partial charge in [-0.1, -0.05) is 0 Å². The summed E-state index contributed by atoms with van der Waals surface area (Å²) in [6, 6.07) is 0. The van der Waals surface area contributed by atoms with Crippen molar-refractivity contribution >= 4 is 5.91 Å². The fourth-order valence-corrected chi connectivity index (χ4v) is 1.75. The van der Waals surface area contributed by atoms with E-state index in [0.29, 0.717) is 19.5 Å². The monoisotopic (exact) mass is 237 g/mol. The Morgan fingerprint density at radius 2 is 2.41 bits per heavy atom. The number of hydrogen-bond donors (Lipinski definition) is 2. The fourth-order valence-electron chi connectivity index (χ4n) is 1.75. The van der Waals surface area contributed by atoms with Crippen LogP contribution >= 0.6 is 0 Å². The molecule has 0 saturated heterocycles. The zero-order chi connectivity index (χ0) is 12.3. The van der Waals surface area contributed by atoms with Crippen molar-refractivity contribution in [3.05, 3.63) is 18.0 Å². The first-order valence-electron chi connectivity index (χ1n) is 6.00. The molecule has 1 aromatic rings. The highest BCUT2D eigenvalue weighted by atomic mass is 16.3. The van der Waals surface area contributed by atoms with Gasteiger partial charge in [-0.2, -0.15) is 5.10 Å². The molecule has 2 rings (SSSR count). The lowest BCUT2D eigenvalue weighted by Crippen LogP contribution is -2.32. The van der Waals surface area contributed by atoms with Crippen molar-refractivity contribution in [3.8, 4) is 0 Å². The highest BCUT2D eigenvalue weighted by Crippen LogP contribution is 2.44. The molecular weight excluding hydrogens is 218 g/mol. The van der Waals surface area contributed by atoms with Crippen LogP contribution in [0.5, 0.6) is 0 Å². The van der Waals surface area contributed by atoms with Gasteiger partial charge in [0.15, 0.2) is 0 Å². The van der Waals surface area contributed by atoms with Crippen LogP contribution in [0, 0.1) is 12.3 Å². The SMILES string of the molecule is Cc1cnn(CCC(=O)NCC2(CO)CC2)c1. The van der Waals surface area contributed by atoms with E-state index in [1.54, 1.807) is 10.9 Å². The molecule has 0 bridgehead atoms. The number of carbonyl (C=O) groups excluding carboxylic acids is 1. The Hall–Kier alpha value is -1.36. The number of aliphatic hydroxyl groups is 1. The summed E-state index contributed by atoms with van der Waals surface area (Å²) in [5.41, 5.74) is 1.08. The molecule has 0 radical (unpaired) electrons.